The fraction of sp³-hybridized carbons (Fsp3) is 0.429. The third kappa shape index (κ3) is 5.32. The average Bonchev–Trinajstić information content (AvgIpc) is 3.25. The predicted molar refractivity (Wildman–Crippen MR) is 116 cm³/mol. The van der Waals surface area contributed by atoms with E-state index in [0.717, 1.165) is 36.1 Å². The highest BCUT2D eigenvalue weighted by Crippen LogP contribution is 2.24. The number of nitrogens with one attached hydrogen (secondary N) is 2. The van der Waals surface area contributed by atoms with Crippen LogP contribution in [0.15, 0.2) is 52.1 Å². The third-order valence-corrected chi connectivity index (χ3v) is 6.30. The number of carbonyl (C=O) groups is 1. The number of thioether (sulfide) groups is 1. The third-order valence-electron chi connectivity index (χ3n) is 4.76. The van der Waals surface area contributed by atoms with Gasteiger partial charge >= 0.3 is 0 Å². The summed E-state index contributed by atoms with van der Waals surface area (Å²) in [5.41, 5.74) is 1.87. The van der Waals surface area contributed by atoms with E-state index >= 15 is 0 Å². The number of nitrogens with zero attached hydrogens (tertiary/aromatic N) is 2. The van der Waals surface area contributed by atoms with Gasteiger partial charge in [-0.05, 0) is 35.7 Å². The fourth-order valence-corrected chi connectivity index (χ4v) is 4.39. The van der Waals surface area contributed by atoms with Gasteiger partial charge in [0.05, 0.1) is 6.26 Å². The second kappa shape index (κ2) is 9.68. The average molecular weight is 401 g/mol. The van der Waals surface area contributed by atoms with E-state index in [1.54, 1.807) is 12.1 Å². The van der Waals surface area contributed by atoms with Crippen LogP contribution in [0.25, 0.3) is 0 Å². The van der Waals surface area contributed by atoms with E-state index < -0.39 is 0 Å². The summed E-state index contributed by atoms with van der Waals surface area (Å²) < 4.78 is 5.11. The van der Waals surface area contributed by atoms with Crippen molar-refractivity contribution in [2.45, 2.75) is 25.6 Å². The minimum Gasteiger partial charge on any atom is -0.459 e. The van der Waals surface area contributed by atoms with Crippen LogP contribution < -0.4 is 10.6 Å². The van der Waals surface area contributed by atoms with Crippen molar-refractivity contribution in [3.8, 4) is 0 Å². The molecule has 1 aliphatic rings. The summed E-state index contributed by atoms with van der Waals surface area (Å²) >= 11 is 2.06. The van der Waals surface area contributed by atoms with E-state index in [-0.39, 0.29) is 5.91 Å². The Labute approximate surface area is 170 Å². The number of carbonyl (C=O) groups excluding carboxylic acids is 1. The van der Waals surface area contributed by atoms with Crippen molar-refractivity contribution in [1.82, 2.24) is 10.2 Å². The number of anilines is 1. The summed E-state index contributed by atoms with van der Waals surface area (Å²) in [7, 11) is 1.84. The van der Waals surface area contributed by atoms with Gasteiger partial charge in [-0.15, -0.1) is 0 Å². The second-order valence-electron chi connectivity index (χ2n) is 7.13. The lowest BCUT2D eigenvalue weighted by molar-refractivity contribution is 0.0996. The molecule has 0 bridgehead atoms. The Hall–Kier alpha value is -2.41. The molecule has 0 radical (unpaired) electrons. The summed E-state index contributed by atoms with van der Waals surface area (Å²) in [6, 6.07) is 11.1. The van der Waals surface area contributed by atoms with E-state index in [1.807, 2.05) is 31.3 Å². The Bertz CT molecular complexity index is 787. The van der Waals surface area contributed by atoms with Crippen molar-refractivity contribution in [2.24, 2.45) is 10.9 Å². The topological polar surface area (TPSA) is 69.9 Å². The van der Waals surface area contributed by atoms with Gasteiger partial charge in [0.25, 0.3) is 5.91 Å². The zero-order valence-electron chi connectivity index (χ0n) is 16.6. The maximum absolute atomic E-state index is 12.0. The first-order valence-corrected chi connectivity index (χ1v) is 10.6. The molecule has 0 spiro atoms. The van der Waals surface area contributed by atoms with E-state index in [1.165, 1.54) is 6.26 Å². The maximum atomic E-state index is 12.0. The molecule has 150 valence electrons. The Morgan fingerprint density at radius 3 is 2.75 bits per heavy atom. The van der Waals surface area contributed by atoms with Crippen molar-refractivity contribution in [3.05, 3.63) is 54.0 Å². The Kier molecular flexibility index (Phi) is 7.03. The molecule has 7 heteroatoms. The maximum Gasteiger partial charge on any atom is 0.291 e. The van der Waals surface area contributed by atoms with Crippen molar-refractivity contribution in [1.29, 1.82) is 0 Å². The lowest BCUT2D eigenvalue weighted by Crippen LogP contribution is -2.48. The van der Waals surface area contributed by atoms with Gasteiger partial charge in [0.1, 0.15) is 0 Å². The van der Waals surface area contributed by atoms with Gasteiger partial charge in [-0.3, -0.25) is 9.79 Å². The molecule has 2 aromatic rings. The SMILES string of the molecule is CN=C(NCc1ccc(NC(=O)c2ccco2)cc1)N1CCSC(C(C)C)C1. The molecule has 3 rings (SSSR count). The van der Waals surface area contributed by atoms with Crippen LogP contribution in [0.4, 0.5) is 5.69 Å². The largest absolute Gasteiger partial charge is 0.459 e. The van der Waals surface area contributed by atoms with Crippen molar-refractivity contribution in [3.63, 3.8) is 0 Å². The smallest absolute Gasteiger partial charge is 0.291 e. The quantitative estimate of drug-likeness (QED) is 0.592. The molecule has 28 heavy (non-hydrogen) atoms. The normalized spacial score (nSPS) is 17.6. The number of hydrogen-bond acceptors (Lipinski definition) is 4. The summed E-state index contributed by atoms with van der Waals surface area (Å²) in [5.74, 6) is 2.79. The van der Waals surface area contributed by atoms with Crippen LogP contribution >= 0.6 is 11.8 Å². The van der Waals surface area contributed by atoms with Gasteiger partial charge in [0.15, 0.2) is 11.7 Å². The van der Waals surface area contributed by atoms with Crippen LogP contribution in [0.3, 0.4) is 0 Å². The molecule has 0 aliphatic carbocycles. The van der Waals surface area contributed by atoms with Gasteiger partial charge in [0.2, 0.25) is 0 Å². The van der Waals surface area contributed by atoms with E-state index in [4.69, 9.17) is 4.42 Å². The minimum absolute atomic E-state index is 0.251. The summed E-state index contributed by atoms with van der Waals surface area (Å²) in [6.45, 7) is 7.30. The molecule has 1 fully saturated rings. The van der Waals surface area contributed by atoms with Gasteiger partial charge in [-0.1, -0.05) is 26.0 Å². The molecule has 6 nitrogen and oxygen atoms in total. The van der Waals surface area contributed by atoms with Crippen molar-refractivity contribution in [2.75, 3.05) is 31.2 Å². The molecule has 1 amide bonds. The van der Waals surface area contributed by atoms with Crippen LogP contribution in [0.1, 0.15) is 30.0 Å². The molecular formula is C21H28N4O2S. The lowest BCUT2D eigenvalue weighted by Gasteiger charge is -2.36. The number of guanidine groups is 1. The molecular weight excluding hydrogens is 372 g/mol. The molecule has 1 aliphatic heterocycles. The number of rotatable bonds is 5. The summed E-state index contributed by atoms with van der Waals surface area (Å²) in [5, 5.41) is 6.93. The standard InChI is InChI=1S/C21H28N4O2S/c1-15(2)19-14-25(10-12-28-19)21(22-3)23-13-16-6-8-17(9-7-16)24-20(26)18-5-4-11-27-18/h4-9,11,15,19H,10,12-14H2,1-3H3,(H,22,23)(H,24,26). The number of benzene rings is 1. The zero-order valence-corrected chi connectivity index (χ0v) is 17.5. The Morgan fingerprint density at radius 2 is 2.11 bits per heavy atom. The predicted octanol–water partition coefficient (Wildman–Crippen LogP) is 3.68. The zero-order chi connectivity index (χ0) is 19.9. The van der Waals surface area contributed by atoms with Gasteiger partial charge in [-0.2, -0.15) is 11.8 Å². The van der Waals surface area contributed by atoms with E-state index in [0.29, 0.717) is 23.5 Å². The van der Waals surface area contributed by atoms with Crippen molar-refractivity contribution >= 4 is 29.3 Å². The fourth-order valence-electron chi connectivity index (χ4n) is 3.09. The molecule has 2 N–H and O–H groups in total. The van der Waals surface area contributed by atoms with Crippen LogP contribution in [-0.2, 0) is 6.54 Å². The van der Waals surface area contributed by atoms with Crippen LogP contribution in [0.5, 0.6) is 0 Å². The molecule has 1 saturated heterocycles. The number of hydrogen-bond donors (Lipinski definition) is 2. The molecule has 1 aromatic carbocycles. The van der Waals surface area contributed by atoms with Crippen LogP contribution in [0.2, 0.25) is 0 Å². The van der Waals surface area contributed by atoms with Crippen LogP contribution in [0, 0.1) is 5.92 Å². The Morgan fingerprint density at radius 1 is 1.32 bits per heavy atom. The minimum atomic E-state index is -0.251. The molecule has 1 atom stereocenters. The molecule has 1 aromatic heterocycles. The first-order valence-electron chi connectivity index (χ1n) is 9.58. The first kappa shape index (κ1) is 20.3. The second-order valence-corrected chi connectivity index (χ2v) is 8.48. The van der Waals surface area contributed by atoms with Gasteiger partial charge in [-0.25, -0.2) is 0 Å². The highest BCUT2D eigenvalue weighted by Gasteiger charge is 2.24. The van der Waals surface area contributed by atoms with Crippen molar-refractivity contribution < 1.29 is 9.21 Å². The van der Waals surface area contributed by atoms with E-state index in [2.05, 4.69) is 46.1 Å². The molecule has 2 heterocycles. The van der Waals surface area contributed by atoms with Crippen LogP contribution in [-0.4, -0.2) is 47.9 Å². The number of aliphatic imine (C=N–C) groups is 1. The number of furan rings is 1. The summed E-state index contributed by atoms with van der Waals surface area (Å²) in [6.07, 6.45) is 1.49. The lowest BCUT2D eigenvalue weighted by atomic mass is 10.1. The monoisotopic (exact) mass is 400 g/mol. The highest BCUT2D eigenvalue weighted by molar-refractivity contribution is 8.00. The first-order chi connectivity index (χ1) is 13.6. The van der Waals surface area contributed by atoms with Gasteiger partial charge < -0.3 is 20.0 Å². The summed E-state index contributed by atoms with van der Waals surface area (Å²) in [4.78, 5) is 18.8. The Balaban J connectivity index is 1.53. The molecule has 1 unspecified atom stereocenters. The highest BCUT2D eigenvalue weighted by atomic mass is 32.2. The molecule has 0 saturated carbocycles. The van der Waals surface area contributed by atoms with Gasteiger partial charge in [0, 0.05) is 43.4 Å². The number of amides is 1. The van der Waals surface area contributed by atoms with E-state index in [9.17, 15) is 4.79 Å².